The summed E-state index contributed by atoms with van der Waals surface area (Å²) in [6.07, 6.45) is 2.21. The summed E-state index contributed by atoms with van der Waals surface area (Å²) in [6, 6.07) is 6.63. The van der Waals surface area contributed by atoms with Gasteiger partial charge in [0.15, 0.2) is 15.8 Å². The zero-order chi connectivity index (χ0) is 16.2. The number of hydrogen-bond acceptors (Lipinski definition) is 3. The molecule has 8 heteroatoms. The molecule has 23 heavy (non-hydrogen) atoms. The first-order valence-electron chi connectivity index (χ1n) is 7.41. The molecule has 0 amide bonds. The molecule has 0 radical (unpaired) electrons. The van der Waals surface area contributed by atoms with E-state index in [-0.39, 0.29) is 36.3 Å². The average Bonchev–Trinajstić information content (AvgIpc) is 2.48. The van der Waals surface area contributed by atoms with Gasteiger partial charge in [0.05, 0.1) is 17.2 Å². The maximum Gasteiger partial charge on any atom is 0.191 e. The van der Waals surface area contributed by atoms with Crippen LogP contribution in [0, 0.1) is 5.92 Å². The molecular formula is C15H23BrIN3O2S. The van der Waals surface area contributed by atoms with Gasteiger partial charge in [-0.3, -0.25) is 4.99 Å². The van der Waals surface area contributed by atoms with Crippen molar-refractivity contribution in [2.24, 2.45) is 16.6 Å². The standard InChI is InChI=1S/C15H22BrN3O2S.HI/c1-12-6-9-19(10-7-12)15(17)18-8-11-22(20,21)14-4-2-13(16)3-5-14;/h2-5,12H,6-11H2,1H3,(H2,17,18);1H. The van der Waals surface area contributed by atoms with E-state index in [2.05, 4.69) is 27.8 Å². The first-order valence-corrected chi connectivity index (χ1v) is 9.86. The van der Waals surface area contributed by atoms with Crippen molar-refractivity contribution in [2.75, 3.05) is 25.4 Å². The molecule has 1 aromatic rings. The number of nitrogens with two attached hydrogens (primary N) is 1. The van der Waals surface area contributed by atoms with Gasteiger partial charge in [0.1, 0.15) is 0 Å². The lowest BCUT2D eigenvalue weighted by Gasteiger charge is -2.31. The molecule has 1 heterocycles. The summed E-state index contributed by atoms with van der Waals surface area (Å²) in [5.74, 6) is 1.15. The van der Waals surface area contributed by atoms with Gasteiger partial charge in [0.2, 0.25) is 0 Å². The zero-order valence-electron chi connectivity index (χ0n) is 13.1. The van der Waals surface area contributed by atoms with Crippen LogP contribution in [-0.2, 0) is 9.84 Å². The van der Waals surface area contributed by atoms with Gasteiger partial charge in [0.25, 0.3) is 0 Å². The second kappa shape index (κ2) is 9.22. The number of piperidine rings is 1. The van der Waals surface area contributed by atoms with E-state index in [0.717, 1.165) is 36.3 Å². The number of halogens is 2. The summed E-state index contributed by atoms with van der Waals surface area (Å²) in [5, 5.41) is 0. The molecule has 0 aliphatic carbocycles. The second-order valence-corrected chi connectivity index (χ2v) is 8.71. The lowest BCUT2D eigenvalue weighted by atomic mass is 10.00. The molecule has 1 aliphatic rings. The Kier molecular flexibility index (Phi) is 8.29. The van der Waals surface area contributed by atoms with Crippen LogP contribution in [-0.4, -0.2) is 44.7 Å². The van der Waals surface area contributed by atoms with E-state index in [1.54, 1.807) is 24.3 Å². The molecule has 0 aromatic heterocycles. The molecule has 1 saturated heterocycles. The van der Waals surface area contributed by atoms with Crippen LogP contribution in [0.25, 0.3) is 0 Å². The molecule has 130 valence electrons. The van der Waals surface area contributed by atoms with Crippen LogP contribution in [0.1, 0.15) is 19.8 Å². The third kappa shape index (κ3) is 6.22. The Morgan fingerprint density at radius 2 is 1.87 bits per heavy atom. The molecule has 2 rings (SSSR count). The number of likely N-dealkylation sites (tertiary alicyclic amines) is 1. The van der Waals surface area contributed by atoms with E-state index in [1.807, 2.05) is 4.90 Å². The van der Waals surface area contributed by atoms with E-state index in [4.69, 9.17) is 5.73 Å². The molecule has 1 fully saturated rings. The number of hydrogen-bond donors (Lipinski definition) is 1. The summed E-state index contributed by atoms with van der Waals surface area (Å²) in [4.78, 5) is 6.58. The van der Waals surface area contributed by atoms with Crippen LogP contribution in [0.4, 0.5) is 0 Å². The molecule has 0 saturated carbocycles. The molecule has 0 spiro atoms. The summed E-state index contributed by atoms with van der Waals surface area (Å²) in [6.45, 7) is 4.22. The van der Waals surface area contributed by atoms with Crippen molar-refractivity contribution in [2.45, 2.75) is 24.7 Å². The molecule has 2 N–H and O–H groups in total. The van der Waals surface area contributed by atoms with Gasteiger partial charge in [-0.1, -0.05) is 22.9 Å². The number of aliphatic imine (C=N–C) groups is 1. The molecule has 0 bridgehead atoms. The normalized spacial score (nSPS) is 17.0. The highest BCUT2D eigenvalue weighted by atomic mass is 127. The Bertz CT molecular complexity index is 627. The number of benzene rings is 1. The average molecular weight is 516 g/mol. The van der Waals surface area contributed by atoms with Crippen molar-refractivity contribution in [3.63, 3.8) is 0 Å². The van der Waals surface area contributed by atoms with Gasteiger partial charge in [-0.25, -0.2) is 8.42 Å². The van der Waals surface area contributed by atoms with Crippen LogP contribution in [0.3, 0.4) is 0 Å². The van der Waals surface area contributed by atoms with E-state index >= 15 is 0 Å². The summed E-state index contributed by atoms with van der Waals surface area (Å²) in [7, 11) is -3.31. The lowest BCUT2D eigenvalue weighted by molar-refractivity contribution is 0.278. The second-order valence-electron chi connectivity index (χ2n) is 5.68. The topological polar surface area (TPSA) is 75.8 Å². The minimum Gasteiger partial charge on any atom is -0.370 e. The third-order valence-electron chi connectivity index (χ3n) is 3.91. The number of nitrogens with zero attached hydrogens (tertiary/aromatic N) is 2. The first-order chi connectivity index (χ1) is 10.4. The fourth-order valence-corrected chi connectivity index (χ4v) is 3.76. The van der Waals surface area contributed by atoms with Crippen molar-refractivity contribution >= 4 is 55.7 Å². The molecule has 1 aromatic carbocycles. The van der Waals surface area contributed by atoms with Crippen LogP contribution >= 0.6 is 39.9 Å². The quantitative estimate of drug-likeness (QED) is 0.380. The van der Waals surface area contributed by atoms with E-state index < -0.39 is 9.84 Å². The van der Waals surface area contributed by atoms with Gasteiger partial charge in [0, 0.05) is 17.6 Å². The molecule has 5 nitrogen and oxygen atoms in total. The number of sulfone groups is 1. The fourth-order valence-electron chi connectivity index (χ4n) is 2.38. The fraction of sp³-hybridized carbons (Fsp3) is 0.533. The Morgan fingerprint density at radius 3 is 2.43 bits per heavy atom. The SMILES string of the molecule is CC1CCN(C(N)=NCCS(=O)(=O)c2ccc(Br)cc2)CC1.I. The minimum atomic E-state index is -3.31. The highest BCUT2D eigenvalue weighted by Gasteiger charge is 2.18. The monoisotopic (exact) mass is 515 g/mol. The van der Waals surface area contributed by atoms with Gasteiger partial charge in [-0.05, 0) is 43.0 Å². The summed E-state index contributed by atoms with van der Waals surface area (Å²) in [5.41, 5.74) is 5.96. The molecule has 0 unspecified atom stereocenters. The van der Waals surface area contributed by atoms with Crippen molar-refractivity contribution in [3.8, 4) is 0 Å². The molecular weight excluding hydrogens is 493 g/mol. The smallest absolute Gasteiger partial charge is 0.191 e. The Balaban J connectivity index is 0.00000264. The summed E-state index contributed by atoms with van der Waals surface area (Å²) < 4.78 is 25.3. The van der Waals surface area contributed by atoms with Crippen molar-refractivity contribution < 1.29 is 8.42 Å². The first kappa shape index (κ1) is 20.7. The number of guanidine groups is 1. The highest BCUT2D eigenvalue weighted by Crippen LogP contribution is 2.17. The minimum absolute atomic E-state index is 0. The van der Waals surface area contributed by atoms with Crippen LogP contribution in [0.15, 0.2) is 38.6 Å². The van der Waals surface area contributed by atoms with Crippen molar-refractivity contribution in [1.82, 2.24) is 4.90 Å². The Hall–Kier alpha value is -0.350. The van der Waals surface area contributed by atoms with Gasteiger partial charge in [-0.15, -0.1) is 24.0 Å². The largest absolute Gasteiger partial charge is 0.370 e. The lowest BCUT2D eigenvalue weighted by Crippen LogP contribution is -2.42. The van der Waals surface area contributed by atoms with Crippen LogP contribution < -0.4 is 5.73 Å². The van der Waals surface area contributed by atoms with Gasteiger partial charge >= 0.3 is 0 Å². The van der Waals surface area contributed by atoms with Crippen molar-refractivity contribution in [1.29, 1.82) is 0 Å². The summed E-state index contributed by atoms with van der Waals surface area (Å²) >= 11 is 3.29. The maximum atomic E-state index is 12.2. The van der Waals surface area contributed by atoms with E-state index in [1.165, 1.54) is 0 Å². The highest BCUT2D eigenvalue weighted by molar-refractivity contribution is 14.0. The van der Waals surface area contributed by atoms with Crippen LogP contribution in [0.5, 0.6) is 0 Å². The predicted octanol–water partition coefficient (Wildman–Crippen LogP) is 2.89. The van der Waals surface area contributed by atoms with Crippen LogP contribution in [0.2, 0.25) is 0 Å². The Labute approximate surface area is 163 Å². The van der Waals surface area contributed by atoms with Gasteiger partial charge in [-0.2, -0.15) is 0 Å². The van der Waals surface area contributed by atoms with Gasteiger partial charge < -0.3 is 10.6 Å². The number of rotatable bonds is 4. The van der Waals surface area contributed by atoms with E-state index in [0.29, 0.717) is 10.9 Å². The zero-order valence-corrected chi connectivity index (χ0v) is 17.8. The van der Waals surface area contributed by atoms with Crippen molar-refractivity contribution in [3.05, 3.63) is 28.7 Å². The third-order valence-corrected chi connectivity index (χ3v) is 6.15. The predicted molar refractivity (Wildman–Crippen MR) is 108 cm³/mol. The van der Waals surface area contributed by atoms with E-state index in [9.17, 15) is 8.42 Å². The maximum absolute atomic E-state index is 12.2. The Morgan fingerprint density at radius 1 is 1.30 bits per heavy atom. The molecule has 1 aliphatic heterocycles. The molecule has 0 atom stereocenters.